The van der Waals surface area contributed by atoms with Gasteiger partial charge in [-0.2, -0.15) is 0 Å². The van der Waals surface area contributed by atoms with Crippen LogP contribution in [0.4, 0.5) is 5.13 Å². The second-order valence-corrected chi connectivity index (χ2v) is 6.01. The molecule has 2 N–H and O–H groups in total. The highest BCUT2D eigenvalue weighted by molar-refractivity contribution is 7.15. The fourth-order valence-electron chi connectivity index (χ4n) is 1.94. The highest BCUT2D eigenvalue weighted by Gasteiger charge is 2.33. The predicted molar refractivity (Wildman–Crippen MR) is 65.6 cm³/mol. The summed E-state index contributed by atoms with van der Waals surface area (Å²) in [6, 6.07) is 0. The summed E-state index contributed by atoms with van der Waals surface area (Å²) in [5.74, 6) is 0. The van der Waals surface area contributed by atoms with Crippen LogP contribution in [-0.4, -0.2) is 24.6 Å². The fraction of sp³-hybridized carbons (Fsp3) is 0.727. The fourth-order valence-corrected chi connectivity index (χ4v) is 2.88. The molecule has 1 atom stereocenters. The molecular weight excluding hydrogens is 206 g/mol. The summed E-state index contributed by atoms with van der Waals surface area (Å²) >= 11 is 1.80. The van der Waals surface area contributed by atoms with Gasteiger partial charge in [0.25, 0.3) is 0 Å². The van der Waals surface area contributed by atoms with Gasteiger partial charge in [-0.05, 0) is 32.2 Å². The van der Waals surface area contributed by atoms with E-state index in [1.54, 1.807) is 11.3 Å². The van der Waals surface area contributed by atoms with Crippen LogP contribution in [0, 0.1) is 19.3 Å². The van der Waals surface area contributed by atoms with E-state index in [-0.39, 0.29) is 5.41 Å². The van der Waals surface area contributed by atoms with Gasteiger partial charge in [-0.3, -0.25) is 0 Å². The van der Waals surface area contributed by atoms with Crippen molar-refractivity contribution in [2.45, 2.75) is 27.2 Å². The summed E-state index contributed by atoms with van der Waals surface area (Å²) in [7, 11) is 0. The molecule has 3 nitrogen and oxygen atoms in total. The molecule has 0 spiro atoms. The van der Waals surface area contributed by atoms with Crippen molar-refractivity contribution < 1.29 is 0 Å². The monoisotopic (exact) mass is 225 g/mol. The average Bonchev–Trinajstić information content (AvgIpc) is 2.73. The molecule has 2 heterocycles. The van der Waals surface area contributed by atoms with E-state index >= 15 is 0 Å². The molecule has 0 amide bonds. The van der Waals surface area contributed by atoms with E-state index in [9.17, 15) is 0 Å². The van der Waals surface area contributed by atoms with Gasteiger partial charge in [-0.25, -0.2) is 4.98 Å². The molecule has 15 heavy (non-hydrogen) atoms. The van der Waals surface area contributed by atoms with Crippen LogP contribution in [0.25, 0.3) is 0 Å². The second-order valence-electron chi connectivity index (χ2n) is 4.82. The van der Waals surface area contributed by atoms with Gasteiger partial charge in [0, 0.05) is 18.0 Å². The minimum atomic E-state index is 0.285. The van der Waals surface area contributed by atoms with Crippen LogP contribution in [-0.2, 0) is 0 Å². The van der Waals surface area contributed by atoms with Crippen LogP contribution < -0.4 is 10.6 Å². The van der Waals surface area contributed by atoms with Crippen molar-refractivity contribution in [3.05, 3.63) is 10.6 Å². The van der Waals surface area contributed by atoms with Gasteiger partial charge in [0.1, 0.15) is 0 Å². The van der Waals surface area contributed by atoms with Crippen molar-refractivity contribution in [2.75, 3.05) is 24.5 Å². The Kier molecular flexibility index (Phi) is 2.73. The normalized spacial score (nSPS) is 26.3. The van der Waals surface area contributed by atoms with Crippen LogP contribution in [0.3, 0.4) is 0 Å². The van der Waals surface area contributed by atoms with E-state index < -0.39 is 0 Å². The van der Waals surface area contributed by atoms with Crippen molar-refractivity contribution >= 4 is 16.5 Å². The molecule has 4 heteroatoms. The molecule has 0 radical (unpaired) electrons. The zero-order chi connectivity index (χ0) is 11.1. The van der Waals surface area contributed by atoms with Crippen LogP contribution in [0.1, 0.15) is 23.9 Å². The van der Waals surface area contributed by atoms with Gasteiger partial charge < -0.3 is 10.6 Å². The first-order chi connectivity index (χ1) is 7.04. The maximum atomic E-state index is 5.80. The molecular formula is C11H19N3S. The molecule has 0 aromatic carbocycles. The predicted octanol–water partition coefficient (Wildman–Crippen LogP) is 1.94. The number of anilines is 1. The van der Waals surface area contributed by atoms with Gasteiger partial charge in [0.05, 0.1) is 5.69 Å². The van der Waals surface area contributed by atoms with Crippen LogP contribution >= 0.6 is 11.3 Å². The summed E-state index contributed by atoms with van der Waals surface area (Å²) in [6.45, 7) is 9.39. The Morgan fingerprint density at radius 3 is 2.73 bits per heavy atom. The molecule has 0 saturated carbocycles. The molecule has 1 fully saturated rings. The molecule has 0 aliphatic carbocycles. The van der Waals surface area contributed by atoms with Crippen LogP contribution in [0.2, 0.25) is 0 Å². The van der Waals surface area contributed by atoms with Crippen molar-refractivity contribution in [3.63, 3.8) is 0 Å². The third kappa shape index (κ3) is 2.01. The van der Waals surface area contributed by atoms with Gasteiger partial charge >= 0.3 is 0 Å². The van der Waals surface area contributed by atoms with Gasteiger partial charge in [0.15, 0.2) is 5.13 Å². The van der Waals surface area contributed by atoms with E-state index in [4.69, 9.17) is 5.73 Å². The minimum absolute atomic E-state index is 0.285. The molecule has 84 valence electrons. The summed E-state index contributed by atoms with van der Waals surface area (Å²) in [5.41, 5.74) is 7.25. The highest BCUT2D eigenvalue weighted by atomic mass is 32.1. The summed E-state index contributed by atoms with van der Waals surface area (Å²) in [4.78, 5) is 8.29. The molecule has 1 aliphatic rings. The largest absolute Gasteiger partial charge is 0.347 e. The Bertz CT molecular complexity index is 341. The Morgan fingerprint density at radius 2 is 2.27 bits per heavy atom. The number of nitrogens with two attached hydrogens (primary N) is 1. The Hall–Kier alpha value is -0.610. The quantitative estimate of drug-likeness (QED) is 0.836. The number of aromatic nitrogens is 1. The number of hydrogen-bond acceptors (Lipinski definition) is 4. The molecule has 0 bridgehead atoms. The number of thiazole rings is 1. The maximum Gasteiger partial charge on any atom is 0.185 e. The lowest BCUT2D eigenvalue weighted by Crippen LogP contribution is -2.31. The third-order valence-electron chi connectivity index (χ3n) is 3.34. The Labute approximate surface area is 95.3 Å². The van der Waals surface area contributed by atoms with Crippen molar-refractivity contribution in [2.24, 2.45) is 11.1 Å². The zero-order valence-electron chi connectivity index (χ0n) is 9.71. The summed E-state index contributed by atoms with van der Waals surface area (Å²) < 4.78 is 0. The number of rotatable bonds is 2. The smallest absolute Gasteiger partial charge is 0.185 e. The molecule has 2 rings (SSSR count). The van der Waals surface area contributed by atoms with Crippen LogP contribution in [0.15, 0.2) is 0 Å². The lowest BCUT2D eigenvalue weighted by molar-refractivity contribution is 0.383. The topological polar surface area (TPSA) is 42.2 Å². The lowest BCUT2D eigenvalue weighted by atomic mass is 9.90. The number of nitrogens with zero attached hydrogens (tertiary/aromatic N) is 2. The highest BCUT2D eigenvalue weighted by Crippen LogP contribution is 2.34. The third-order valence-corrected chi connectivity index (χ3v) is 4.47. The van der Waals surface area contributed by atoms with Gasteiger partial charge in [-0.1, -0.05) is 6.92 Å². The Balaban J connectivity index is 2.14. The summed E-state index contributed by atoms with van der Waals surface area (Å²) in [5, 5.41) is 1.17. The van der Waals surface area contributed by atoms with Gasteiger partial charge in [-0.15, -0.1) is 11.3 Å². The Morgan fingerprint density at radius 1 is 1.53 bits per heavy atom. The molecule has 1 unspecified atom stereocenters. The van der Waals surface area contributed by atoms with Crippen molar-refractivity contribution in [3.8, 4) is 0 Å². The first-order valence-electron chi connectivity index (χ1n) is 5.43. The van der Waals surface area contributed by atoms with Gasteiger partial charge in [0.2, 0.25) is 0 Å². The van der Waals surface area contributed by atoms with E-state index in [2.05, 4.69) is 30.7 Å². The minimum Gasteiger partial charge on any atom is -0.347 e. The van der Waals surface area contributed by atoms with Crippen molar-refractivity contribution in [1.29, 1.82) is 0 Å². The zero-order valence-corrected chi connectivity index (χ0v) is 10.5. The average molecular weight is 225 g/mol. The van der Waals surface area contributed by atoms with E-state index in [1.165, 1.54) is 16.4 Å². The molecule has 1 aromatic heterocycles. The number of hydrogen-bond donors (Lipinski definition) is 1. The molecule has 1 aromatic rings. The second kappa shape index (κ2) is 3.76. The molecule has 1 aliphatic heterocycles. The maximum absolute atomic E-state index is 5.80. The SMILES string of the molecule is Cc1nc(N2CCC(C)(CN)C2)sc1C. The van der Waals surface area contributed by atoms with E-state index in [0.29, 0.717) is 0 Å². The first kappa shape index (κ1) is 10.9. The number of aryl methyl sites for hydroxylation is 2. The van der Waals surface area contributed by atoms with E-state index in [0.717, 1.165) is 25.3 Å². The van der Waals surface area contributed by atoms with Crippen LogP contribution in [0.5, 0.6) is 0 Å². The standard InChI is InChI=1S/C11H19N3S/c1-8-9(2)15-10(13-8)14-5-4-11(3,6-12)7-14/h4-7,12H2,1-3H3. The lowest BCUT2D eigenvalue weighted by Gasteiger charge is -2.21. The summed E-state index contributed by atoms with van der Waals surface area (Å²) in [6.07, 6.45) is 1.18. The van der Waals surface area contributed by atoms with Crippen molar-refractivity contribution in [1.82, 2.24) is 4.98 Å². The molecule has 1 saturated heterocycles. The van der Waals surface area contributed by atoms with E-state index in [1.807, 2.05) is 0 Å². The first-order valence-corrected chi connectivity index (χ1v) is 6.25.